The maximum absolute atomic E-state index is 12.1. The number of methoxy groups -OCH3 is 1. The summed E-state index contributed by atoms with van der Waals surface area (Å²) < 4.78 is 34.6. The van der Waals surface area contributed by atoms with Crippen LogP contribution in [0.4, 0.5) is 0 Å². The molecule has 8 nitrogen and oxygen atoms in total. The Balaban J connectivity index is 2.83. The summed E-state index contributed by atoms with van der Waals surface area (Å²) in [7, 11) is 1.93. The number of amides is 1. The van der Waals surface area contributed by atoms with E-state index in [1.807, 2.05) is 0 Å². The van der Waals surface area contributed by atoms with E-state index in [9.17, 15) is 18.3 Å². The average molecular weight is 320 g/mol. The number of hydrogen-bond acceptors (Lipinski definition) is 6. The zero-order valence-corrected chi connectivity index (χ0v) is 13.3. The lowest BCUT2D eigenvalue weighted by atomic mass is 10.3. The molecular formula is C12H20N2O6S. The van der Waals surface area contributed by atoms with E-state index in [2.05, 4.69) is 0 Å². The number of rotatable bonds is 7. The molecule has 1 atom stereocenters. The van der Waals surface area contributed by atoms with Crippen LogP contribution in [0.2, 0.25) is 0 Å². The van der Waals surface area contributed by atoms with Gasteiger partial charge in [0.05, 0.1) is 12.7 Å². The minimum absolute atomic E-state index is 0.0448. The molecule has 1 aromatic rings. The van der Waals surface area contributed by atoms with Crippen molar-refractivity contribution < 1.29 is 27.5 Å². The molecule has 0 saturated heterocycles. The molecule has 0 radical (unpaired) electrons. The van der Waals surface area contributed by atoms with Gasteiger partial charge >= 0.3 is 0 Å². The molecule has 1 N–H and O–H groups in total. The lowest BCUT2D eigenvalue weighted by Crippen LogP contribution is -2.36. The van der Waals surface area contributed by atoms with E-state index in [1.54, 1.807) is 0 Å². The quantitative estimate of drug-likeness (QED) is 0.734. The Bertz CT molecular complexity index is 580. The predicted molar refractivity (Wildman–Crippen MR) is 74.4 cm³/mol. The van der Waals surface area contributed by atoms with Crippen molar-refractivity contribution in [2.45, 2.75) is 11.2 Å². The van der Waals surface area contributed by atoms with Crippen LogP contribution in [0, 0.1) is 0 Å². The summed E-state index contributed by atoms with van der Waals surface area (Å²) in [4.78, 5) is 13.3. The van der Waals surface area contributed by atoms with Gasteiger partial charge in [0.15, 0.2) is 5.76 Å². The van der Waals surface area contributed by atoms with E-state index < -0.39 is 22.0 Å². The highest BCUT2D eigenvalue weighted by Crippen LogP contribution is 2.17. The van der Waals surface area contributed by atoms with E-state index in [1.165, 1.54) is 45.3 Å². The number of aliphatic hydroxyl groups excluding tert-OH is 1. The number of likely N-dealkylation sites (N-methyl/N-ethyl adjacent to an activating group) is 1. The fourth-order valence-electron chi connectivity index (χ4n) is 1.59. The van der Waals surface area contributed by atoms with Gasteiger partial charge in [-0.3, -0.25) is 4.79 Å². The third-order valence-electron chi connectivity index (χ3n) is 2.72. The van der Waals surface area contributed by atoms with Crippen LogP contribution >= 0.6 is 0 Å². The summed E-state index contributed by atoms with van der Waals surface area (Å²) in [6, 6.07) is 2.51. The highest BCUT2D eigenvalue weighted by Gasteiger charge is 2.25. The van der Waals surface area contributed by atoms with Crippen LogP contribution in [-0.4, -0.2) is 76.1 Å². The molecule has 1 rings (SSSR count). The predicted octanol–water partition coefficient (Wildman–Crippen LogP) is -0.391. The smallest absolute Gasteiger partial charge is 0.289 e. The van der Waals surface area contributed by atoms with Gasteiger partial charge in [-0.2, -0.15) is 0 Å². The second-order valence-corrected chi connectivity index (χ2v) is 6.78. The van der Waals surface area contributed by atoms with Crippen molar-refractivity contribution in [2.75, 3.05) is 41.4 Å². The zero-order valence-electron chi connectivity index (χ0n) is 12.4. The first-order chi connectivity index (χ1) is 9.70. The minimum Gasteiger partial charge on any atom is -0.438 e. The largest absolute Gasteiger partial charge is 0.438 e. The molecule has 1 aromatic heterocycles. The molecule has 0 aliphatic rings. The summed E-state index contributed by atoms with van der Waals surface area (Å²) >= 11 is 0. The molecule has 1 unspecified atom stereocenters. The highest BCUT2D eigenvalue weighted by atomic mass is 32.2. The molecule has 0 saturated carbocycles. The van der Waals surface area contributed by atoms with Gasteiger partial charge in [-0.1, -0.05) is 0 Å². The van der Waals surface area contributed by atoms with Crippen molar-refractivity contribution in [1.29, 1.82) is 0 Å². The monoisotopic (exact) mass is 320 g/mol. The lowest BCUT2D eigenvalue weighted by Gasteiger charge is -2.19. The first-order valence-corrected chi connectivity index (χ1v) is 7.59. The van der Waals surface area contributed by atoms with Crippen molar-refractivity contribution in [2.24, 2.45) is 0 Å². The van der Waals surface area contributed by atoms with Crippen LogP contribution in [-0.2, 0) is 14.8 Å². The topological polar surface area (TPSA) is 100 Å². The highest BCUT2D eigenvalue weighted by molar-refractivity contribution is 7.88. The second-order valence-electron chi connectivity index (χ2n) is 4.70. The molecule has 1 amide bonds. The number of ether oxygens (including phenoxy) is 1. The second kappa shape index (κ2) is 7.03. The number of hydrogen-bond donors (Lipinski definition) is 1. The van der Waals surface area contributed by atoms with Crippen molar-refractivity contribution in [1.82, 2.24) is 9.21 Å². The van der Waals surface area contributed by atoms with Crippen LogP contribution in [0.25, 0.3) is 0 Å². The summed E-state index contributed by atoms with van der Waals surface area (Å²) in [6.45, 7) is 0.138. The first-order valence-electron chi connectivity index (χ1n) is 6.15. The lowest BCUT2D eigenvalue weighted by molar-refractivity contribution is 0.0365. The van der Waals surface area contributed by atoms with Crippen molar-refractivity contribution in [3.63, 3.8) is 0 Å². The van der Waals surface area contributed by atoms with Crippen LogP contribution in [0.1, 0.15) is 10.6 Å². The zero-order chi connectivity index (χ0) is 16.2. The van der Waals surface area contributed by atoms with Gasteiger partial charge in [0.25, 0.3) is 15.9 Å². The summed E-state index contributed by atoms with van der Waals surface area (Å²) in [5, 5.41) is 9.27. The Hall–Kier alpha value is -1.42. The Morgan fingerprint density at radius 2 is 2.00 bits per heavy atom. The van der Waals surface area contributed by atoms with Crippen LogP contribution in [0.5, 0.6) is 0 Å². The fourth-order valence-corrected chi connectivity index (χ4v) is 2.38. The summed E-state index contributed by atoms with van der Waals surface area (Å²) in [6.07, 6.45) is -0.830. The molecule has 1 heterocycles. The molecule has 0 fully saturated rings. The number of aliphatic hydroxyl groups is 1. The number of furan rings is 1. The van der Waals surface area contributed by atoms with Crippen LogP contribution in [0.15, 0.2) is 21.6 Å². The number of carbonyl (C=O) groups excluding carboxylic acids is 1. The molecule has 0 aliphatic carbocycles. The Kier molecular flexibility index (Phi) is 5.90. The van der Waals surface area contributed by atoms with Crippen molar-refractivity contribution >= 4 is 15.9 Å². The van der Waals surface area contributed by atoms with E-state index >= 15 is 0 Å². The third-order valence-corrected chi connectivity index (χ3v) is 4.41. The maximum atomic E-state index is 12.1. The van der Waals surface area contributed by atoms with Crippen molar-refractivity contribution in [3.05, 3.63) is 17.9 Å². The molecule has 120 valence electrons. The minimum atomic E-state index is -3.72. The molecule has 0 bridgehead atoms. The molecule has 21 heavy (non-hydrogen) atoms. The molecule has 0 aromatic carbocycles. The Labute approximate surface area is 123 Å². The van der Waals surface area contributed by atoms with Gasteiger partial charge < -0.3 is 19.2 Å². The standard InChI is InChI=1S/C12H20N2O6S/c1-13(2)21(17,18)11-6-5-10(20-11)12(16)14(3)7-9(15)8-19-4/h5-6,9,15H,7-8H2,1-4H3. The summed E-state index contributed by atoms with van der Waals surface area (Å²) in [5.41, 5.74) is 0. The molecule has 0 aliphatic heterocycles. The maximum Gasteiger partial charge on any atom is 0.289 e. The van der Waals surface area contributed by atoms with E-state index in [4.69, 9.17) is 9.15 Å². The number of nitrogens with zero attached hydrogens (tertiary/aromatic N) is 2. The van der Waals surface area contributed by atoms with Gasteiger partial charge in [-0.25, -0.2) is 12.7 Å². The normalized spacial score (nSPS) is 13.4. The molecule has 9 heteroatoms. The number of carbonyl (C=O) groups is 1. The SMILES string of the molecule is COCC(O)CN(C)C(=O)c1ccc(S(=O)(=O)N(C)C)o1. The van der Waals surface area contributed by atoms with Gasteiger partial charge in [0, 0.05) is 34.8 Å². The van der Waals surface area contributed by atoms with Crippen LogP contribution in [0.3, 0.4) is 0 Å². The van der Waals surface area contributed by atoms with Crippen molar-refractivity contribution in [3.8, 4) is 0 Å². The van der Waals surface area contributed by atoms with E-state index in [0.29, 0.717) is 0 Å². The molecule has 0 spiro atoms. The number of sulfonamides is 1. The van der Waals surface area contributed by atoms with E-state index in [0.717, 1.165) is 4.31 Å². The fraction of sp³-hybridized carbons (Fsp3) is 0.583. The summed E-state index contributed by atoms with van der Waals surface area (Å²) in [5.74, 6) is -0.632. The Morgan fingerprint density at radius 1 is 1.38 bits per heavy atom. The molecular weight excluding hydrogens is 300 g/mol. The van der Waals surface area contributed by atoms with Gasteiger partial charge in [0.2, 0.25) is 5.09 Å². The van der Waals surface area contributed by atoms with Crippen LogP contribution < -0.4 is 0 Å². The van der Waals surface area contributed by atoms with Gasteiger partial charge in [0.1, 0.15) is 0 Å². The van der Waals surface area contributed by atoms with E-state index in [-0.39, 0.29) is 24.0 Å². The third kappa shape index (κ3) is 4.27. The first kappa shape index (κ1) is 17.6. The Morgan fingerprint density at radius 3 is 2.52 bits per heavy atom. The average Bonchev–Trinajstić information content (AvgIpc) is 2.87. The van der Waals surface area contributed by atoms with Gasteiger partial charge in [-0.05, 0) is 12.1 Å². The van der Waals surface area contributed by atoms with Gasteiger partial charge in [-0.15, -0.1) is 0 Å².